The number of para-hydroxylation sites is 1. The van der Waals surface area contributed by atoms with Crippen LogP contribution in [-0.4, -0.2) is 20.4 Å². The smallest absolute Gasteiger partial charge is 0.263 e. The number of aryl methyl sites for hydroxylation is 2. The van der Waals surface area contributed by atoms with E-state index >= 15 is 0 Å². The van der Waals surface area contributed by atoms with Gasteiger partial charge in [-0.25, -0.2) is 9.97 Å². The molecule has 1 aromatic carbocycles. The van der Waals surface area contributed by atoms with E-state index in [0.29, 0.717) is 22.6 Å². The number of fused-ring (bicyclic) bond motifs is 1. The van der Waals surface area contributed by atoms with Gasteiger partial charge in [-0.2, -0.15) is 0 Å². The second-order valence-corrected chi connectivity index (χ2v) is 9.99. The molecule has 0 spiro atoms. The first-order valence-electron chi connectivity index (χ1n) is 9.84. The van der Waals surface area contributed by atoms with Crippen molar-refractivity contribution in [2.24, 2.45) is 0 Å². The van der Waals surface area contributed by atoms with E-state index in [1.165, 1.54) is 30.0 Å². The van der Waals surface area contributed by atoms with Crippen LogP contribution in [0.2, 0.25) is 0 Å². The van der Waals surface area contributed by atoms with Gasteiger partial charge in [0.25, 0.3) is 5.56 Å². The Morgan fingerprint density at radius 3 is 2.61 bits per heavy atom. The van der Waals surface area contributed by atoms with Crippen molar-refractivity contribution in [1.82, 2.24) is 14.5 Å². The predicted octanol–water partition coefficient (Wildman–Crippen LogP) is 5.53. The van der Waals surface area contributed by atoms with Gasteiger partial charge in [0, 0.05) is 29.5 Å². The Bertz CT molecular complexity index is 1310. The number of hydrogen-bond donors (Lipinski definition) is 0. The molecule has 6 nitrogen and oxygen atoms in total. The standard InChI is InChI=1S/C22H22N4O2S3/c1-5-25-20(28)18-13(2)14(3)31-19(18)24-21(25)29-11-16-12-30-22(23-16)26(15(4)27)17-9-7-6-8-10-17/h6-10,12H,5,11H2,1-4H3. The number of rotatable bonds is 6. The molecule has 0 saturated carbocycles. The zero-order valence-electron chi connectivity index (χ0n) is 17.7. The minimum Gasteiger partial charge on any atom is -0.287 e. The van der Waals surface area contributed by atoms with Gasteiger partial charge in [-0.3, -0.25) is 19.1 Å². The van der Waals surface area contributed by atoms with E-state index in [-0.39, 0.29) is 11.5 Å². The average molecular weight is 471 g/mol. The monoisotopic (exact) mass is 470 g/mol. The van der Waals surface area contributed by atoms with E-state index in [0.717, 1.165) is 32.0 Å². The average Bonchev–Trinajstić information content (AvgIpc) is 3.31. The Hall–Kier alpha value is -2.49. The number of thiophene rings is 1. The molecule has 0 saturated heterocycles. The topological polar surface area (TPSA) is 68.1 Å². The summed E-state index contributed by atoms with van der Waals surface area (Å²) in [6, 6.07) is 9.49. The van der Waals surface area contributed by atoms with Crippen LogP contribution in [0.4, 0.5) is 10.8 Å². The molecule has 160 valence electrons. The summed E-state index contributed by atoms with van der Waals surface area (Å²) in [5.74, 6) is 0.480. The first-order valence-corrected chi connectivity index (χ1v) is 12.5. The highest BCUT2D eigenvalue weighted by atomic mass is 32.2. The van der Waals surface area contributed by atoms with E-state index in [9.17, 15) is 9.59 Å². The third-order valence-electron chi connectivity index (χ3n) is 4.98. The van der Waals surface area contributed by atoms with Crippen molar-refractivity contribution < 1.29 is 4.79 Å². The fourth-order valence-corrected chi connectivity index (χ4v) is 6.32. The SMILES string of the molecule is CCn1c(SCc2csc(N(C(C)=O)c3ccccc3)n2)nc2sc(C)c(C)c2c1=O. The summed E-state index contributed by atoms with van der Waals surface area (Å²) < 4.78 is 1.73. The molecular weight excluding hydrogens is 448 g/mol. The minimum atomic E-state index is -0.0878. The third-order valence-corrected chi connectivity index (χ3v) is 7.97. The number of aromatic nitrogens is 3. The van der Waals surface area contributed by atoms with Crippen molar-refractivity contribution in [3.8, 4) is 0 Å². The predicted molar refractivity (Wildman–Crippen MR) is 130 cm³/mol. The summed E-state index contributed by atoms with van der Waals surface area (Å²) in [6.45, 7) is 8.06. The second kappa shape index (κ2) is 8.94. The highest BCUT2D eigenvalue weighted by molar-refractivity contribution is 7.98. The quantitative estimate of drug-likeness (QED) is 0.274. The molecule has 1 amide bonds. The third kappa shape index (κ3) is 4.17. The van der Waals surface area contributed by atoms with Gasteiger partial charge in [-0.05, 0) is 38.5 Å². The maximum Gasteiger partial charge on any atom is 0.263 e. The van der Waals surface area contributed by atoms with Gasteiger partial charge in [0.1, 0.15) is 4.83 Å². The van der Waals surface area contributed by atoms with E-state index in [1.807, 2.05) is 56.5 Å². The normalized spacial score (nSPS) is 11.2. The molecule has 0 aliphatic heterocycles. The molecule has 31 heavy (non-hydrogen) atoms. The Labute approximate surface area is 192 Å². The zero-order valence-corrected chi connectivity index (χ0v) is 20.2. The molecule has 0 radical (unpaired) electrons. The number of hydrogen-bond acceptors (Lipinski definition) is 7. The van der Waals surface area contributed by atoms with E-state index in [2.05, 4.69) is 4.98 Å². The summed E-state index contributed by atoms with van der Waals surface area (Å²) >= 11 is 4.49. The van der Waals surface area contributed by atoms with Crippen LogP contribution in [0.1, 0.15) is 30.0 Å². The van der Waals surface area contributed by atoms with Crippen molar-refractivity contribution in [1.29, 1.82) is 0 Å². The Balaban J connectivity index is 1.61. The van der Waals surface area contributed by atoms with Gasteiger partial charge < -0.3 is 0 Å². The summed E-state index contributed by atoms with van der Waals surface area (Å²) in [7, 11) is 0. The molecule has 3 heterocycles. The van der Waals surface area contributed by atoms with Crippen LogP contribution in [0.5, 0.6) is 0 Å². The Morgan fingerprint density at radius 2 is 1.94 bits per heavy atom. The number of benzene rings is 1. The van der Waals surface area contributed by atoms with Crippen molar-refractivity contribution >= 4 is 61.4 Å². The lowest BCUT2D eigenvalue weighted by molar-refractivity contribution is -0.115. The summed E-state index contributed by atoms with van der Waals surface area (Å²) in [5, 5.41) is 4.01. The molecule has 0 atom stereocenters. The van der Waals surface area contributed by atoms with Crippen LogP contribution in [0.25, 0.3) is 10.2 Å². The lowest BCUT2D eigenvalue weighted by atomic mass is 10.2. The molecule has 0 unspecified atom stereocenters. The van der Waals surface area contributed by atoms with Gasteiger partial charge >= 0.3 is 0 Å². The van der Waals surface area contributed by atoms with Crippen LogP contribution in [-0.2, 0) is 17.1 Å². The van der Waals surface area contributed by atoms with Crippen LogP contribution in [0.15, 0.2) is 45.7 Å². The molecule has 0 bridgehead atoms. The number of thiazole rings is 1. The van der Waals surface area contributed by atoms with Gasteiger partial charge in [-0.15, -0.1) is 22.7 Å². The number of amides is 1. The lowest BCUT2D eigenvalue weighted by Crippen LogP contribution is -2.22. The first kappa shape index (κ1) is 21.7. The Kier molecular flexibility index (Phi) is 6.27. The van der Waals surface area contributed by atoms with E-state index < -0.39 is 0 Å². The highest BCUT2D eigenvalue weighted by Gasteiger charge is 2.19. The number of thioether (sulfide) groups is 1. The summed E-state index contributed by atoms with van der Waals surface area (Å²) in [4.78, 5) is 38.2. The number of nitrogens with zero attached hydrogens (tertiary/aromatic N) is 4. The van der Waals surface area contributed by atoms with Gasteiger partial charge in [0.2, 0.25) is 5.91 Å². The Morgan fingerprint density at radius 1 is 1.19 bits per heavy atom. The molecule has 0 aliphatic carbocycles. The number of anilines is 2. The lowest BCUT2D eigenvalue weighted by Gasteiger charge is -2.17. The molecular formula is C22H22N4O2S3. The molecule has 4 aromatic rings. The number of carbonyl (C=O) groups is 1. The van der Waals surface area contributed by atoms with Gasteiger partial charge in [0.05, 0.1) is 16.8 Å². The minimum absolute atomic E-state index is 0.0163. The van der Waals surface area contributed by atoms with Gasteiger partial charge in [0.15, 0.2) is 10.3 Å². The largest absolute Gasteiger partial charge is 0.287 e. The van der Waals surface area contributed by atoms with E-state index in [4.69, 9.17) is 4.98 Å². The summed E-state index contributed by atoms with van der Waals surface area (Å²) in [6.07, 6.45) is 0. The fourth-order valence-electron chi connectivity index (χ4n) is 3.31. The maximum atomic E-state index is 13.0. The molecule has 0 N–H and O–H groups in total. The van der Waals surface area contributed by atoms with E-state index in [1.54, 1.807) is 20.8 Å². The van der Waals surface area contributed by atoms with Crippen molar-refractivity contribution in [3.63, 3.8) is 0 Å². The van der Waals surface area contributed by atoms with Crippen molar-refractivity contribution in [2.75, 3.05) is 4.90 Å². The fraction of sp³-hybridized carbons (Fsp3) is 0.273. The van der Waals surface area contributed by atoms with Crippen molar-refractivity contribution in [2.45, 2.75) is 45.1 Å². The van der Waals surface area contributed by atoms with Crippen LogP contribution in [0, 0.1) is 13.8 Å². The molecule has 9 heteroatoms. The molecule has 0 fully saturated rings. The van der Waals surface area contributed by atoms with Gasteiger partial charge in [-0.1, -0.05) is 30.0 Å². The molecule has 0 aliphatic rings. The highest BCUT2D eigenvalue weighted by Crippen LogP contribution is 2.32. The van der Waals surface area contributed by atoms with Crippen LogP contribution >= 0.6 is 34.4 Å². The van der Waals surface area contributed by atoms with Crippen LogP contribution in [0.3, 0.4) is 0 Å². The number of carbonyl (C=O) groups excluding carboxylic acids is 1. The summed E-state index contributed by atoms with van der Waals surface area (Å²) in [5.41, 5.74) is 2.68. The second-order valence-electron chi connectivity index (χ2n) is 7.01. The van der Waals surface area contributed by atoms with Crippen molar-refractivity contribution in [3.05, 3.63) is 62.2 Å². The first-order chi connectivity index (χ1) is 14.9. The van der Waals surface area contributed by atoms with Crippen LogP contribution < -0.4 is 10.5 Å². The molecule has 4 rings (SSSR count). The molecule has 3 aromatic heterocycles. The maximum absolute atomic E-state index is 13.0. The zero-order chi connectivity index (χ0) is 22.1.